The van der Waals surface area contributed by atoms with E-state index in [1.54, 1.807) is 11.3 Å². The van der Waals surface area contributed by atoms with Crippen molar-refractivity contribution < 1.29 is 5.11 Å². The summed E-state index contributed by atoms with van der Waals surface area (Å²) in [5.41, 5.74) is 0. The molecule has 0 aliphatic heterocycles. The second-order valence-electron chi connectivity index (χ2n) is 3.22. The molecule has 0 radical (unpaired) electrons. The van der Waals surface area contributed by atoms with Gasteiger partial charge < -0.3 is 10.4 Å². The highest BCUT2D eigenvalue weighted by Crippen LogP contribution is 2.21. The molecule has 0 aliphatic carbocycles. The van der Waals surface area contributed by atoms with Crippen LogP contribution in [0.15, 0.2) is 12.1 Å². The summed E-state index contributed by atoms with van der Waals surface area (Å²) in [4.78, 5) is 1.29. The van der Waals surface area contributed by atoms with Crippen molar-refractivity contribution in [3.63, 3.8) is 0 Å². The lowest BCUT2D eigenvalue weighted by Gasteiger charge is -2.08. The van der Waals surface area contributed by atoms with Crippen LogP contribution in [0.25, 0.3) is 0 Å². The summed E-state index contributed by atoms with van der Waals surface area (Å²) in [5.74, 6) is 0. The molecule has 0 spiro atoms. The highest BCUT2D eigenvalue weighted by molar-refractivity contribution is 7.16. The molecule has 4 heteroatoms. The first-order valence-electron chi connectivity index (χ1n) is 4.85. The van der Waals surface area contributed by atoms with E-state index in [2.05, 4.69) is 5.32 Å². The maximum absolute atomic E-state index is 9.28. The Morgan fingerprint density at radius 2 is 2.36 bits per heavy atom. The van der Waals surface area contributed by atoms with E-state index in [1.165, 1.54) is 4.88 Å². The number of rotatable bonds is 6. The Balaban J connectivity index is 2.10. The van der Waals surface area contributed by atoms with Crippen molar-refractivity contribution in [3.05, 3.63) is 21.3 Å². The first-order valence-corrected chi connectivity index (χ1v) is 6.04. The van der Waals surface area contributed by atoms with Crippen molar-refractivity contribution in [2.75, 3.05) is 13.1 Å². The van der Waals surface area contributed by atoms with Crippen LogP contribution in [0.5, 0.6) is 0 Å². The fraction of sp³-hybridized carbons (Fsp3) is 0.600. The molecule has 0 saturated carbocycles. The summed E-state index contributed by atoms with van der Waals surface area (Å²) < 4.78 is 0.841. The van der Waals surface area contributed by atoms with E-state index in [9.17, 15) is 5.11 Å². The summed E-state index contributed by atoms with van der Waals surface area (Å²) in [6.07, 6.45) is 1.56. The molecule has 0 fully saturated rings. The largest absolute Gasteiger partial charge is 0.392 e. The second-order valence-corrected chi connectivity index (χ2v) is 5.02. The van der Waals surface area contributed by atoms with Gasteiger partial charge in [-0.3, -0.25) is 0 Å². The van der Waals surface area contributed by atoms with E-state index < -0.39 is 0 Å². The number of halogens is 1. The first kappa shape index (κ1) is 12.0. The van der Waals surface area contributed by atoms with Gasteiger partial charge in [-0.15, -0.1) is 11.3 Å². The molecule has 0 bridgehead atoms. The fourth-order valence-electron chi connectivity index (χ4n) is 1.11. The molecular weight excluding hydrogens is 218 g/mol. The molecule has 14 heavy (non-hydrogen) atoms. The quantitative estimate of drug-likeness (QED) is 0.740. The van der Waals surface area contributed by atoms with Crippen LogP contribution in [-0.2, 0) is 6.42 Å². The molecule has 2 N–H and O–H groups in total. The highest BCUT2D eigenvalue weighted by atomic mass is 35.5. The normalized spacial score (nSPS) is 13.1. The van der Waals surface area contributed by atoms with Crippen molar-refractivity contribution in [1.82, 2.24) is 5.32 Å². The maximum Gasteiger partial charge on any atom is 0.0931 e. The highest BCUT2D eigenvalue weighted by Gasteiger charge is 2.00. The van der Waals surface area contributed by atoms with E-state index in [1.807, 2.05) is 19.1 Å². The number of hydrogen-bond donors (Lipinski definition) is 2. The van der Waals surface area contributed by atoms with Crippen LogP contribution in [0.1, 0.15) is 18.2 Å². The van der Waals surface area contributed by atoms with Gasteiger partial charge in [-0.1, -0.05) is 18.5 Å². The predicted octanol–water partition coefficient (Wildman–Crippen LogP) is 2.30. The van der Waals surface area contributed by atoms with Gasteiger partial charge in [0, 0.05) is 18.0 Å². The molecule has 1 aromatic heterocycles. The molecule has 1 heterocycles. The minimum atomic E-state index is -0.220. The zero-order chi connectivity index (χ0) is 10.4. The van der Waals surface area contributed by atoms with Gasteiger partial charge in [0.1, 0.15) is 0 Å². The molecular formula is C10H16ClNOS. The fourth-order valence-corrected chi connectivity index (χ4v) is 2.20. The monoisotopic (exact) mass is 233 g/mol. The average molecular weight is 234 g/mol. The van der Waals surface area contributed by atoms with E-state index in [-0.39, 0.29) is 6.10 Å². The van der Waals surface area contributed by atoms with Gasteiger partial charge >= 0.3 is 0 Å². The van der Waals surface area contributed by atoms with Crippen molar-refractivity contribution in [2.24, 2.45) is 0 Å². The van der Waals surface area contributed by atoms with Crippen LogP contribution in [0.4, 0.5) is 0 Å². The Kier molecular flexibility index (Phi) is 5.48. The number of hydrogen-bond acceptors (Lipinski definition) is 3. The Morgan fingerprint density at radius 1 is 1.57 bits per heavy atom. The van der Waals surface area contributed by atoms with Crippen LogP contribution < -0.4 is 5.32 Å². The molecule has 1 unspecified atom stereocenters. The summed E-state index contributed by atoms with van der Waals surface area (Å²) in [6.45, 7) is 3.55. The lowest BCUT2D eigenvalue weighted by molar-refractivity contribution is 0.168. The van der Waals surface area contributed by atoms with Gasteiger partial charge in [0.2, 0.25) is 0 Å². The van der Waals surface area contributed by atoms with Crippen LogP contribution in [-0.4, -0.2) is 24.3 Å². The SMILES string of the molecule is CCC(O)CNCCc1ccc(Cl)s1. The van der Waals surface area contributed by atoms with Crippen molar-refractivity contribution in [2.45, 2.75) is 25.9 Å². The number of nitrogens with one attached hydrogen (secondary N) is 1. The zero-order valence-corrected chi connectivity index (χ0v) is 9.87. The third-order valence-electron chi connectivity index (χ3n) is 2.03. The van der Waals surface area contributed by atoms with Crippen LogP contribution >= 0.6 is 22.9 Å². The molecule has 0 aliphatic rings. The summed E-state index contributed by atoms with van der Waals surface area (Å²) in [7, 11) is 0. The van der Waals surface area contributed by atoms with Gasteiger partial charge in [-0.05, 0) is 25.0 Å². The summed E-state index contributed by atoms with van der Waals surface area (Å²) in [6, 6.07) is 3.97. The molecule has 1 atom stereocenters. The van der Waals surface area contributed by atoms with Gasteiger partial charge in [0.05, 0.1) is 10.4 Å². The molecule has 80 valence electrons. The van der Waals surface area contributed by atoms with E-state index in [0.717, 1.165) is 23.7 Å². The van der Waals surface area contributed by atoms with Gasteiger partial charge in [-0.25, -0.2) is 0 Å². The minimum absolute atomic E-state index is 0.220. The Morgan fingerprint density at radius 3 is 2.93 bits per heavy atom. The summed E-state index contributed by atoms with van der Waals surface area (Å²) >= 11 is 7.42. The van der Waals surface area contributed by atoms with Gasteiger partial charge in [-0.2, -0.15) is 0 Å². The molecule has 2 nitrogen and oxygen atoms in total. The standard InChI is InChI=1S/C10H16ClNOS/c1-2-8(13)7-12-6-5-9-3-4-10(11)14-9/h3-4,8,12-13H,2,5-7H2,1H3. The van der Waals surface area contributed by atoms with E-state index >= 15 is 0 Å². The van der Waals surface area contributed by atoms with Crippen molar-refractivity contribution >= 4 is 22.9 Å². The van der Waals surface area contributed by atoms with Crippen LogP contribution in [0, 0.1) is 0 Å². The average Bonchev–Trinajstić information content (AvgIpc) is 2.58. The zero-order valence-electron chi connectivity index (χ0n) is 8.29. The van der Waals surface area contributed by atoms with E-state index in [0.29, 0.717) is 6.54 Å². The second kappa shape index (κ2) is 6.40. The number of thiophene rings is 1. The lowest BCUT2D eigenvalue weighted by Crippen LogP contribution is -2.27. The first-order chi connectivity index (χ1) is 6.72. The molecule has 0 amide bonds. The topological polar surface area (TPSA) is 32.3 Å². The van der Waals surface area contributed by atoms with Crippen LogP contribution in [0.2, 0.25) is 4.34 Å². The van der Waals surface area contributed by atoms with Crippen molar-refractivity contribution in [3.8, 4) is 0 Å². The predicted molar refractivity (Wildman–Crippen MR) is 62.2 cm³/mol. The number of aliphatic hydroxyl groups excluding tert-OH is 1. The molecule has 1 rings (SSSR count). The van der Waals surface area contributed by atoms with Crippen molar-refractivity contribution in [1.29, 1.82) is 0 Å². The van der Waals surface area contributed by atoms with Gasteiger partial charge in [0.25, 0.3) is 0 Å². The Bertz CT molecular complexity index is 264. The molecule has 0 saturated heterocycles. The van der Waals surface area contributed by atoms with E-state index in [4.69, 9.17) is 11.6 Å². The Hall–Kier alpha value is -0.0900. The maximum atomic E-state index is 9.28. The smallest absolute Gasteiger partial charge is 0.0931 e. The minimum Gasteiger partial charge on any atom is -0.392 e. The third kappa shape index (κ3) is 4.42. The third-order valence-corrected chi connectivity index (χ3v) is 3.32. The summed E-state index contributed by atoms with van der Waals surface area (Å²) in [5, 5.41) is 12.5. The lowest BCUT2D eigenvalue weighted by atomic mass is 10.3. The Labute approximate surface area is 93.9 Å². The van der Waals surface area contributed by atoms with Crippen LogP contribution in [0.3, 0.4) is 0 Å². The number of aliphatic hydroxyl groups is 1. The molecule has 1 aromatic rings. The molecule has 0 aromatic carbocycles. The van der Waals surface area contributed by atoms with Gasteiger partial charge in [0.15, 0.2) is 0 Å².